The Morgan fingerprint density at radius 2 is 1.93 bits per heavy atom. The number of anilines is 1. The molecule has 0 saturated heterocycles. The zero-order valence-electron chi connectivity index (χ0n) is 14.2. The maximum Gasteiger partial charge on any atom is 0.286 e. The van der Waals surface area contributed by atoms with E-state index >= 15 is 0 Å². The van der Waals surface area contributed by atoms with Crippen molar-refractivity contribution in [1.29, 1.82) is 0 Å². The third-order valence-corrected chi connectivity index (χ3v) is 6.95. The van der Waals surface area contributed by atoms with Gasteiger partial charge in [0.15, 0.2) is 0 Å². The van der Waals surface area contributed by atoms with Crippen molar-refractivity contribution in [1.82, 2.24) is 4.72 Å². The number of hydrogen-bond donors (Lipinski definition) is 2. The molecule has 0 aliphatic carbocycles. The molecular formula is C17H16ClN3O4S2. The largest absolute Gasteiger partial charge is 0.342 e. The van der Waals surface area contributed by atoms with Gasteiger partial charge in [-0.05, 0) is 24.6 Å². The van der Waals surface area contributed by atoms with E-state index in [9.17, 15) is 16.8 Å². The van der Waals surface area contributed by atoms with Crippen LogP contribution in [0.15, 0.2) is 68.9 Å². The quantitative estimate of drug-likeness (QED) is 0.766. The van der Waals surface area contributed by atoms with E-state index in [1.54, 1.807) is 0 Å². The van der Waals surface area contributed by atoms with Crippen molar-refractivity contribution < 1.29 is 16.8 Å². The smallest absolute Gasteiger partial charge is 0.286 e. The van der Waals surface area contributed by atoms with E-state index in [0.29, 0.717) is 0 Å². The molecule has 0 unspecified atom stereocenters. The van der Waals surface area contributed by atoms with Crippen LogP contribution >= 0.6 is 11.6 Å². The molecule has 7 nitrogen and oxygen atoms in total. The first-order chi connectivity index (χ1) is 12.6. The Bertz CT molecular complexity index is 1160. The molecule has 27 heavy (non-hydrogen) atoms. The number of allylic oxidation sites excluding steroid dienone is 1. The molecular weight excluding hydrogens is 410 g/mol. The number of sulfonamides is 2. The number of amidine groups is 1. The Balaban J connectivity index is 2.04. The average molecular weight is 426 g/mol. The lowest BCUT2D eigenvalue weighted by molar-refractivity contribution is 0.588. The number of benzene rings is 2. The van der Waals surface area contributed by atoms with E-state index in [0.717, 1.165) is 11.6 Å². The fraction of sp³-hybridized carbons (Fsp3) is 0.118. The highest BCUT2D eigenvalue weighted by atomic mass is 35.5. The van der Waals surface area contributed by atoms with Gasteiger partial charge in [-0.1, -0.05) is 48.5 Å². The number of nitrogens with one attached hydrogen (secondary N) is 2. The molecule has 142 valence electrons. The average Bonchev–Trinajstić information content (AvgIpc) is 2.53. The predicted molar refractivity (Wildman–Crippen MR) is 105 cm³/mol. The Hall–Kier alpha value is -2.36. The molecule has 0 spiro atoms. The molecule has 10 heteroatoms. The zero-order chi connectivity index (χ0) is 19.8. The van der Waals surface area contributed by atoms with E-state index in [1.807, 2.05) is 30.3 Å². The van der Waals surface area contributed by atoms with Crippen molar-refractivity contribution in [2.75, 3.05) is 5.32 Å². The van der Waals surface area contributed by atoms with Crippen LogP contribution in [-0.2, 0) is 26.5 Å². The minimum Gasteiger partial charge on any atom is -0.342 e. The number of fused-ring (bicyclic) bond motifs is 1. The first kappa shape index (κ1) is 19.4. The van der Waals surface area contributed by atoms with Gasteiger partial charge in [0, 0.05) is 12.1 Å². The van der Waals surface area contributed by atoms with Crippen molar-refractivity contribution in [2.45, 2.75) is 23.1 Å². The third kappa shape index (κ3) is 4.15. The van der Waals surface area contributed by atoms with Crippen LogP contribution < -0.4 is 10.0 Å². The molecule has 0 saturated carbocycles. The predicted octanol–water partition coefficient (Wildman–Crippen LogP) is 2.91. The lowest BCUT2D eigenvalue weighted by Crippen LogP contribution is -2.25. The summed E-state index contributed by atoms with van der Waals surface area (Å²) in [6.45, 7) is 4.94. The van der Waals surface area contributed by atoms with Gasteiger partial charge in [-0.2, -0.15) is 8.42 Å². The van der Waals surface area contributed by atoms with E-state index in [1.165, 1.54) is 13.0 Å². The fourth-order valence-corrected chi connectivity index (χ4v) is 5.43. The monoisotopic (exact) mass is 425 g/mol. The first-order valence-corrected chi connectivity index (χ1v) is 11.1. The molecule has 2 aromatic carbocycles. The van der Waals surface area contributed by atoms with Gasteiger partial charge in [0.2, 0.25) is 0 Å². The van der Waals surface area contributed by atoms with Gasteiger partial charge in [-0.15, -0.1) is 4.40 Å². The van der Waals surface area contributed by atoms with Crippen molar-refractivity contribution >= 4 is 43.2 Å². The minimum atomic E-state index is -4.09. The molecule has 2 aromatic rings. The van der Waals surface area contributed by atoms with E-state index < -0.39 is 20.0 Å². The van der Waals surface area contributed by atoms with Crippen molar-refractivity contribution in [3.8, 4) is 0 Å². The number of nitrogens with zero attached hydrogens (tertiary/aromatic N) is 1. The highest BCUT2D eigenvalue weighted by Crippen LogP contribution is 2.35. The van der Waals surface area contributed by atoms with Gasteiger partial charge in [0.1, 0.15) is 15.6 Å². The van der Waals surface area contributed by atoms with Crippen molar-refractivity contribution in [3.05, 3.63) is 65.3 Å². The van der Waals surface area contributed by atoms with Gasteiger partial charge in [0.05, 0.1) is 10.7 Å². The van der Waals surface area contributed by atoms with Crippen LogP contribution in [0.4, 0.5) is 5.69 Å². The van der Waals surface area contributed by atoms with Gasteiger partial charge < -0.3 is 5.32 Å². The van der Waals surface area contributed by atoms with Gasteiger partial charge in [-0.3, -0.25) is 4.72 Å². The van der Waals surface area contributed by atoms with Crippen LogP contribution in [0.25, 0.3) is 0 Å². The molecule has 1 heterocycles. The van der Waals surface area contributed by atoms with E-state index in [4.69, 9.17) is 11.6 Å². The summed E-state index contributed by atoms with van der Waals surface area (Å²) >= 11 is 6.11. The van der Waals surface area contributed by atoms with Crippen LogP contribution in [0.1, 0.15) is 12.5 Å². The lowest BCUT2D eigenvalue weighted by Gasteiger charge is -2.20. The SMILES string of the molecule is C=C(C)NS(=O)(=O)c1cc2c(cc1Cl)NC(Cc1ccccc1)=NS2(=O)=O. The molecule has 0 radical (unpaired) electrons. The normalized spacial score (nSPS) is 15.3. The highest BCUT2D eigenvalue weighted by molar-refractivity contribution is 7.91. The van der Waals surface area contributed by atoms with Crippen LogP contribution in [0.3, 0.4) is 0 Å². The Kier molecular flexibility index (Phi) is 5.02. The Labute approximate surface area is 162 Å². The fourth-order valence-electron chi connectivity index (χ4n) is 2.57. The van der Waals surface area contributed by atoms with Gasteiger partial charge >= 0.3 is 0 Å². The molecule has 0 atom stereocenters. The Morgan fingerprint density at radius 1 is 1.26 bits per heavy atom. The summed E-state index contributed by atoms with van der Waals surface area (Å²) < 4.78 is 55.8. The highest BCUT2D eigenvalue weighted by Gasteiger charge is 2.29. The number of rotatable bonds is 5. The molecule has 1 aliphatic rings. The maximum absolute atomic E-state index is 12.6. The molecule has 0 fully saturated rings. The second-order valence-electron chi connectivity index (χ2n) is 5.97. The number of halogens is 1. The minimum absolute atomic E-state index is 0.119. The molecule has 1 aliphatic heterocycles. The summed E-state index contributed by atoms with van der Waals surface area (Å²) in [4.78, 5) is -0.621. The number of hydrogen-bond acceptors (Lipinski definition) is 5. The van der Waals surface area contributed by atoms with E-state index in [2.05, 4.69) is 21.0 Å². The summed E-state index contributed by atoms with van der Waals surface area (Å²) in [5, 5.41) is 2.80. The van der Waals surface area contributed by atoms with Gasteiger partial charge in [0.25, 0.3) is 20.0 Å². The molecule has 3 rings (SSSR count). The summed E-state index contributed by atoms with van der Waals surface area (Å²) in [5.41, 5.74) is 1.22. The maximum atomic E-state index is 12.6. The van der Waals surface area contributed by atoms with Crippen LogP contribution in [0, 0.1) is 0 Å². The van der Waals surface area contributed by atoms with Crippen LogP contribution in [0.2, 0.25) is 5.02 Å². The summed E-state index contributed by atoms with van der Waals surface area (Å²) in [6, 6.07) is 11.5. The summed E-state index contributed by atoms with van der Waals surface area (Å²) in [7, 11) is -8.15. The summed E-state index contributed by atoms with van der Waals surface area (Å²) in [5.74, 6) is 0.223. The summed E-state index contributed by atoms with van der Waals surface area (Å²) in [6.07, 6.45) is 0.272. The van der Waals surface area contributed by atoms with Crippen molar-refractivity contribution in [2.24, 2.45) is 4.40 Å². The molecule has 0 bridgehead atoms. The topological polar surface area (TPSA) is 105 Å². The van der Waals surface area contributed by atoms with Crippen molar-refractivity contribution in [3.63, 3.8) is 0 Å². The second kappa shape index (κ2) is 6.99. The van der Waals surface area contributed by atoms with Gasteiger partial charge in [-0.25, -0.2) is 8.42 Å². The standard InChI is InChI=1S/C17H16ClN3O4S2/c1-11(2)20-26(22,23)15-10-16-14(9-13(15)18)19-17(21-27(16,24)25)8-12-6-4-3-5-7-12/h3-7,9-10,20H,1,8H2,2H3,(H,19,21). The third-order valence-electron chi connectivity index (χ3n) is 3.63. The zero-order valence-corrected chi connectivity index (χ0v) is 16.6. The first-order valence-electron chi connectivity index (χ1n) is 7.75. The molecule has 2 N–H and O–H groups in total. The lowest BCUT2D eigenvalue weighted by atomic mass is 10.1. The van der Waals surface area contributed by atoms with E-state index in [-0.39, 0.29) is 38.5 Å². The molecule has 0 amide bonds. The Morgan fingerprint density at radius 3 is 2.56 bits per heavy atom. The van der Waals surface area contributed by atoms with Crippen LogP contribution in [0.5, 0.6) is 0 Å². The van der Waals surface area contributed by atoms with Crippen LogP contribution in [-0.4, -0.2) is 22.7 Å². The molecule has 0 aromatic heterocycles. The second-order valence-corrected chi connectivity index (χ2v) is 9.60.